The van der Waals surface area contributed by atoms with Gasteiger partial charge in [-0.2, -0.15) is 0 Å². The Bertz CT molecular complexity index is 57.4. The standard InChI is InChI=1S/C7H13Br/c1-2-3-4-5-6-7-8/h3-4H,2,5-7H2,1H3/b4-3+. The van der Waals surface area contributed by atoms with E-state index in [4.69, 9.17) is 0 Å². The molecule has 0 saturated heterocycles. The van der Waals surface area contributed by atoms with Crippen LogP contribution < -0.4 is 0 Å². The largest absolute Gasteiger partial charge is 0.0928 e. The molecule has 0 heterocycles. The Morgan fingerprint density at radius 2 is 2.12 bits per heavy atom. The van der Waals surface area contributed by atoms with Crippen molar-refractivity contribution in [3.8, 4) is 0 Å². The lowest BCUT2D eigenvalue weighted by atomic mass is 10.3. The lowest BCUT2D eigenvalue weighted by molar-refractivity contribution is 0.971. The summed E-state index contributed by atoms with van der Waals surface area (Å²) in [6, 6.07) is 0. The van der Waals surface area contributed by atoms with E-state index in [2.05, 4.69) is 35.0 Å². The zero-order valence-electron chi connectivity index (χ0n) is 5.36. The monoisotopic (exact) mass is 176 g/mol. The molecule has 48 valence electrons. The van der Waals surface area contributed by atoms with Crippen LogP contribution in [0.5, 0.6) is 0 Å². The van der Waals surface area contributed by atoms with Gasteiger partial charge in [0.05, 0.1) is 0 Å². The van der Waals surface area contributed by atoms with Crippen LogP contribution in [0.3, 0.4) is 0 Å². The SMILES string of the molecule is CC/C=C/CCCBr. The zero-order valence-corrected chi connectivity index (χ0v) is 6.95. The van der Waals surface area contributed by atoms with Gasteiger partial charge in [0.1, 0.15) is 0 Å². The van der Waals surface area contributed by atoms with Gasteiger partial charge in [0, 0.05) is 5.33 Å². The summed E-state index contributed by atoms with van der Waals surface area (Å²) in [7, 11) is 0. The molecule has 0 aromatic carbocycles. The molecule has 0 radical (unpaired) electrons. The summed E-state index contributed by atoms with van der Waals surface area (Å²) >= 11 is 3.37. The molecule has 0 aliphatic heterocycles. The summed E-state index contributed by atoms with van der Waals surface area (Å²) in [5.74, 6) is 0. The molecule has 0 aliphatic rings. The van der Waals surface area contributed by atoms with Crippen molar-refractivity contribution in [1.29, 1.82) is 0 Å². The summed E-state index contributed by atoms with van der Waals surface area (Å²) < 4.78 is 0. The third-order valence-electron chi connectivity index (χ3n) is 0.907. The van der Waals surface area contributed by atoms with Gasteiger partial charge in [-0.1, -0.05) is 35.0 Å². The van der Waals surface area contributed by atoms with Crippen molar-refractivity contribution in [3.63, 3.8) is 0 Å². The van der Waals surface area contributed by atoms with Crippen LogP contribution in [-0.4, -0.2) is 5.33 Å². The van der Waals surface area contributed by atoms with E-state index in [9.17, 15) is 0 Å². The van der Waals surface area contributed by atoms with Crippen molar-refractivity contribution in [1.82, 2.24) is 0 Å². The highest BCUT2D eigenvalue weighted by atomic mass is 79.9. The maximum Gasteiger partial charge on any atom is 0.00342 e. The highest BCUT2D eigenvalue weighted by Gasteiger charge is 1.75. The summed E-state index contributed by atoms with van der Waals surface area (Å²) in [6.45, 7) is 2.16. The van der Waals surface area contributed by atoms with E-state index < -0.39 is 0 Å². The minimum absolute atomic E-state index is 1.13. The maximum absolute atomic E-state index is 3.37. The number of hydrogen-bond acceptors (Lipinski definition) is 0. The van der Waals surface area contributed by atoms with Gasteiger partial charge < -0.3 is 0 Å². The van der Waals surface area contributed by atoms with E-state index in [1.807, 2.05) is 0 Å². The first kappa shape index (κ1) is 8.22. The van der Waals surface area contributed by atoms with Crippen LogP contribution in [0.25, 0.3) is 0 Å². The van der Waals surface area contributed by atoms with Crippen molar-refractivity contribution in [2.45, 2.75) is 26.2 Å². The normalized spacial score (nSPS) is 10.8. The van der Waals surface area contributed by atoms with Gasteiger partial charge in [-0.15, -0.1) is 0 Å². The van der Waals surface area contributed by atoms with Crippen LogP contribution in [0.4, 0.5) is 0 Å². The highest BCUT2D eigenvalue weighted by Crippen LogP contribution is 1.95. The second kappa shape index (κ2) is 7.22. The molecule has 0 unspecified atom stereocenters. The predicted octanol–water partition coefficient (Wildman–Crippen LogP) is 3.13. The first-order valence-corrected chi connectivity index (χ1v) is 4.25. The zero-order chi connectivity index (χ0) is 6.24. The molecule has 8 heavy (non-hydrogen) atoms. The molecule has 0 aromatic heterocycles. The second-order valence-corrected chi connectivity index (χ2v) is 2.50. The predicted molar refractivity (Wildman–Crippen MR) is 42.5 cm³/mol. The van der Waals surface area contributed by atoms with Crippen molar-refractivity contribution in [2.75, 3.05) is 5.33 Å². The Hall–Kier alpha value is 0.220. The molecular formula is C7H13Br. The molecule has 0 amide bonds. The van der Waals surface area contributed by atoms with E-state index in [1.54, 1.807) is 0 Å². The minimum atomic E-state index is 1.13. The van der Waals surface area contributed by atoms with E-state index in [-0.39, 0.29) is 0 Å². The van der Waals surface area contributed by atoms with Crippen LogP contribution >= 0.6 is 15.9 Å². The number of allylic oxidation sites excluding steroid dienone is 2. The molecule has 0 nitrogen and oxygen atoms in total. The Kier molecular flexibility index (Phi) is 7.42. The molecule has 0 saturated carbocycles. The maximum atomic E-state index is 3.37. The van der Waals surface area contributed by atoms with Crippen LogP contribution in [0, 0.1) is 0 Å². The van der Waals surface area contributed by atoms with E-state index in [1.165, 1.54) is 19.3 Å². The van der Waals surface area contributed by atoms with E-state index in [0.717, 1.165) is 5.33 Å². The topological polar surface area (TPSA) is 0 Å². The number of halogens is 1. The van der Waals surface area contributed by atoms with Gasteiger partial charge in [-0.25, -0.2) is 0 Å². The first-order chi connectivity index (χ1) is 3.91. The molecule has 0 rings (SSSR count). The lowest BCUT2D eigenvalue weighted by Crippen LogP contribution is -1.68. The van der Waals surface area contributed by atoms with Crippen LogP contribution in [0.2, 0.25) is 0 Å². The van der Waals surface area contributed by atoms with Gasteiger partial charge in [0.2, 0.25) is 0 Å². The summed E-state index contributed by atoms with van der Waals surface area (Å²) in [5.41, 5.74) is 0. The molecule has 0 fully saturated rings. The van der Waals surface area contributed by atoms with Crippen molar-refractivity contribution < 1.29 is 0 Å². The number of hydrogen-bond donors (Lipinski definition) is 0. The van der Waals surface area contributed by atoms with Gasteiger partial charge in [-0.3, -0.25) is 0 Å². The summed E-state index contributed by atoms with van der Waals surface area (Å²) in [6.07, 6.45) is 8.10. The molecule has 0 bridgehead atoms. The molecule has 0 aromatic rings. The molecule has 0 aliphatic carbocycles. The number of rotatable bonds is 4. The van der Waals surface area contributed by atoms with Crippen molar-refractivity contribution >= 4 is 15.9 Å². The summed E-state index contributed by atoms with van der Waals surface area (Å²) in [4.78, 5) is 0. The number of alkyl halides is 1. The molecular weight excluding hydrogens is 164 g/mol. The highest BCUT2D eigenvalue weighted by molar-refractivity contribution is 9.09. The van der Waals surface area contributed by atoms with Crippen LogP contribution in [-0.2, 0) is 0 Å². The van der Waals surface area contributed by atoms with Gasteiger partial charge in [-0.05, 0) is 19.3 Å². The minimum Gasteiger partial charge on any atom is -0.0928 e. The van der Waals surface area contributed by atoms with Gasteiger partial charge >= 0.3 is 0 Å². The lowest BCUT2D eigenvalue weighted by Gasteiger charge is -1.84. The van der Waals surface area contributed by atoms with E-state index >= 15 is 0 Å². The molecule has 0 spiro atoms. The van der Waals surface area contributed by atoms with Crippen molar-refractivity contribution in [3.05, 3.63) is 12.2 Å². The quantitative estimate of drug-likeness (QED) is 0.351. The fourth-order valence-corrected chi connectivity index (χ4v) is 0.803. The van der Waals surface area contributed by atoms with Crippen molar-refractivity contribution in [2.24, 2.45) is 0 Å². The number of unbranched alkanes of at least 4 members (excludes halogenated alkanes) is 1. The average Bonchev–Trinajstić information content (AvgIpc) is 1.81. The Balaban J connectivity index is 2.80. The Morgan fingerprint density at radius 3 is 2.62 bits per heavy atom. The molecule has 1 heteroatoms. The van der Waals surface area contributed by atoms with Crippen LogP contribution in [0.15, 0.2) is 12.2 Å². The Labute approximate surface area is 60.1 Å². The molecule has 0 atom stereocenters. The second-order valence-electron chi connectivity index (χ2n) is 1.71. The fraction of sp³-hybridized carbons (Fsp3) is 0.714. The first-order valence-electron chi connectivity index (χ1n) is 3.12. The Morgan fingerprint density at radius 1 is 1.38 bits per heavy atom. The fourth-order valence-electron chi connectivity index (χ4n) is 0.480. The third kappa shape index (κ3) is 6.22. The van der Waals surface area contributed by atoms with Crippen LogP contribution in [0.1, 0.15) is 26.2 Å². The van der Waals surface area contributed by atoms with E-state index in [0.29, 0.717) is 0 Å². The molecule has 0 N–H and O–H groups in total. The van der Waals surface area contributed by atoms with Gasteiger partial charge in [0.15, 0.2) is 0 Å². The average molecular weight is 177 g/mol. The summed E-state index contributed by atoms with van der Waals surface area (Å²) in [5, 5.41) is 1.13. The smallest absolute Gasteiger partial charge is 0.00342 e. The third-order valence-corrected chi connectivity index (χ3v) is 1.47. The van der Waals surface area contributed by atoms with Gasteiger partial charge in [0.25, 0.3) is 0 Å².